The van der Waals surface area contributed by atoms with Gasteiger partial charge in [0.25, 0.3) is 11.8 Å². The van der Waals surface area contributed by atoms with E-state index in [1.54, 1.807) is 48.5 Å². The molecule has 4 amide bonds. The molecule has 30 heavy (non-hydrogen) atoms. The lowest BCUT2D eigenvalue weighted by atomic mass is 10.1. The molecule has 1 aliphatic heterocycles. The summed E-state index contributed by atoms with van der Waals surface area (Å²) in [5.41, 5.74) is 1.67. The van der Waals surface area contributed by atoms with Crippen LogP contribution >= 0.6 is 15.9 Å². The largest absolute Gasteiger partial charge is 0.326 e. The van der Waals surface area contributed by atoms with E-state index in [1.165, 1.54) is 0 Å². The highest BCUT2D eigenvalue weighted by molar-refractivity contribution is 9.10. The summed E-state index contributed by atoms with van der Waals surface area (Å²) in [4.78, 5) is 49.7. The number of nitrogens with zero attached hydrogens (tertiary/aromatic N) is 2. The van der Waals surface area contributed by atoms with Crippen molar-refractivity contribution < 1.29 is 19.2 Å². The zero-order chi connectivity index (χ0) is 21.7. The zero-order valence-electron chi connectivity index (χ0n) is 15.8. The molecule has 0 fully saturated rings. The number of halogens is 1. The van der Waals surface area contributed by atoms with Crippen LogP contribution in [-0.2, 0) is 9.59 Å². The minimum Gasteiger partial charge on any atom is -0.326 e. The molecular formula is C21H17BrN4O4. The van der Waals surface area contributed by atoms with E-state index in [0.29, 0.717) is 28.9 Å². The molecular weight excluding hydrogens is 452 g/mol. The number of fused-ring (bicyclic) bond motifs is 1. The highest BCUT2D eigenvalue weighted by Crippen LogP contribution is 2.26. The molecule has 1 aliphatic rings. The van der Waals surface area contributed by atoms with Gasteiger partial charge in [0.05, 0.1) is 17.2 Å². The van der Waals surface area contributed by atoms with Crippen molar-refractivity contribution in [3.63, 3.8) is 0 Å². The fourth-order valence-corrected chi connectivity index (χ4v) is 3.40. The third-order valence-electron chi connectivity index (χ3n) is 4.39. The van der Waals surface area contributed by atoms with Gasteiger partial charge in [0.1, 0.15) is 6.42 Å². The lowest BCUT2D eigenvalue weighted by Gasteiger charge is -2.13. The van der Waals surface area contributed by atoms with Crippen molar-refractivity contribution in [2.75, 3.05) is 17.2 Å². The fourth-order valence-electron chi connectivity index (χ4n) is 3.04. The summed E-state index contributed by atoms with van der Waals surface area (Å²) in [7, 11) is 0. The normalized spacial score (nSPS) is 12.3. The molecule has 0 aromatic heterocycles. The van der Waals surface area contributed by atoms with Gasteiger partial charge in [-0.15, -0.1) is 0 Å². The highest BCUT2D eigenvalue weighted by atomic mass is 79.9. The van der Waals surface area contributed by atoms with E-state index in [9.17, 15) is 19.2 Å². The topological polar surface area (TPSA) is 119 Å². The Bertz CT molecular complexity index is 1080. The lowest BCUT2D eigenvalue weighted by molar-refractivity contribution is -0.116. The first-order valence-corrected chi connectivity index (χ1v) is 9.91. The number of carbonyl (C=O) groups is 4. The van der Waals surface area contributed by atoms with Gasteiger partial charge < -0.3 is 10.6 Å². The molecule has 0 spiro atoms. The first-order chi connectivity index (χ1) is 14.4. The second-order valence-corrected chi connectivity index (χ2v) is 7.48. The monoisotopic (exact) mass is 468 g/mol. The van der Waals surface area contributed by atoms with Gasteiger partial charge in [-0.2, -0.15) is 5.26 Å². The van der Waals surface area contributed by atoms with Crippen molar-refractivity contribution in [3.05, 3.63) is 58.1 Å². The maximum Gasteiger partial charge on any atom is 0.261 e. The number of amides is 4. The molecule has 2 aromatic carbocycles. The van der Waals surface area contributed by atoms with Crippen LogP contribution in [0.15, 0.2) is 46.9 Å². The third kappa shape index (κ3) is 4.90. The third-order valence-corrected chi connectivity index (χ3v) is 4.88. The number of nitriles is 1. The molecule has 0 bridgehead atoms. The van der Waals surface area contributed by atoms with Crippen molar-refractivity contribution in [1.29, 1.82) is 5.26 Å². The van der Waals surface area contributed by atoms with Gasteiger partial charge in [-0.05, 0) is 42.8 Å². The standard InChI is InChI=1S/C21H17BrN4O4/c22-13-6-7-16-17(11-13)21(30)26(20(16)29)10-2-5-18(27)24-14-3-1-4-15(12-14)25-19(28)8-9-23/h1,3-4,6-7,11-12H,2,5,8,10H2,(H,24,27)(H,25,28). The Balaban J connectivity index is 1.51. The Labute approximate surface area is 181 Å². The summed E-state index contributed by atoms with van der Waals surface area (Å²) in [6, 6.07) is 13.2. The van der Waals surface area contributed by atoms with E-state index >= 15 is 0 Å². The predicted octanol–water partition coefficient (Wildman–Crippen LogP) is 3.32. The molecule has 0 unspecified atom stereocenters. The van der Waals surface area contributed by atoms with Crippen LogP contribution < -0.4 is 10.6 Å². The summed E-state index contributed by atoms with van der Waals surface area (Å²) in [5, 5.41) is 13.8. The molecule has 3 rings (SSSR count). The van der Waals surface area contributed by atoms with E-state index in [4.69, 9.17) is 5.26 Å². The van der Waals surface area contributed by atoms with E-state index in [-0.39, 0.29) is 37.1 Å². The summed E-state index contributed by atoms with van der Waals surface area (Å²) in [6.07, 6.45) is 0.171. The molecule has 0 atom stereocenters. The Morgan fingerprint density at radius 2 is 1.63 bits per heavy atom. The van der Waals surface area contributed by atoms with Gasteiger partial charge in [-0.25, -0.2) is 0 Å². The second-order valence-electron chi connectivity index (χ2n) is 6.57. The van der Waals surface area contributed by atoms with Crippen molar-refractivity contribution in [3.8, 4) is 6.07 Å². The minimum atomic E-state index is -0.436. The van der Waals surface area contributed by atoms with E-state index in [1.807, 2.05) is 0 Å². The van der Waals surface area contributed by atoms with Crippen molar-refractivity contribution in [2.45, 2.75) is 19.3 Å². The predicted molar refractivity (Wildman–Crippen MR) is 113 cm³/mol. The van der Waals surface area contributed by atoms with Crippen molar-refractivity contribution in [2.24, 2.45) is 0 Å². The number of carbonyl (C=O) groups excluding carboxylic acids is 4. The SMILES string of the molecule is N#CCC(=O)Nc1cccc(NC(=O)CCCN2C(=O)c3ccc(Br)cc3C2=O)c1. The smallest absolute Gasteiger partial charge is 0.261 e. The van der Waals surface area contributed by atoms with E-state index < -0.39 is 5.91 Å². The average molecular weight is 469 g/mol. The quantitative estimate of drug-likeness (QED) is 0.603. The van der Waals surface area contributed by atoms with Gasteiger partial charge >= 0.3 is 0 Å². The van der Waals surface area contributed by atoms with Crippen LogP contribution in [0.1, 0.15) is 40.0 Å². The fraction of sp³-hybridized carbons (Fsp3) is 0.190. The number of rotatable bonds is 7. The van der Waals surface area contributed by atoms with Crippen LogP contribution in [0.25, 0.3) is 0 Å². The first-order valence-electron chi connectivity index (χ1n) is 9.11. The van der Waals surface area contributed by atoms with Crippen molar-refractivity contribution in [1.82, 2.24) is 4.90 Å². The summed E-state index contributed by atoms with van der Waals surface area (Å²) in [5.74, 6) is -1.44. The summed E-state index contributed by atoms with van der Waals surface area (Å²) < 4.78 is 0.717. The number of benzene rings is 2. The van der Waals surface area contributed by atoms with Crippen LogP contribution in [0, 0.1) is 11.3 Å². The maximum absolute atomic E-state index is 12.4. The van der Waals surface area contributed by atoms with Crippen LogP contribution in [0.4, 0.5) is 11.4 Å². The van der Waals surface area contributed by atoms with Crippen LogP contribution in [0.2, 0.25) is 0 Å². The Morgan fingerprint density at radius 1 is 0.967 bits per heavy atom. The first kappa shape index (κ1) is 21.2. The van der Waals surface area contributed by atoms with Crippen molar-refractivity contribution >= 4 is 50.9 Å². The lowest BCUT2D eigenvalue weighted by Crippen LogP contribution is -2.31. The second kappa shape index (κ2) is 9.33. The van der Waals surface area contributed by atoms with Crippen LogP contribution in [0.5, 0.6) is 0 Å². The molecule has 2 N–H and O–H groups in total. The number of imide groups is 1. The zero-order valence-corrected chi connectivity index (χ0v) is 17.4. The van der Waals surface area contributed by atoms with Gasteiger partial charge in [0.15, 0.2) is 0 Å². The molecule has 0 aliphatic carbocycles. The van der Waals surface area contributed by atoms with E-state index in [0.717, 1.165) is 9.37 Å². The Morgan fingerprint density at radius 3 is 2.33 bits per heavy atom. The molecule has 1 heterocycles. The Kier molecular flexibility index (Phi) is 6.59. The molecule has 9 heteroatoms. The van der Waals surface area contributed by atoms with Gasteiger partial charge in [0, 0.05) is 28.8 Å². The summed E-state index contributed by atoms with van der Waals surface area (Å²) >= 11 is 3.29. The van der Waals surface area contributed by atoms with Gasteiger partial charge in [-0.3, -0.25) is 24.1 Å². The molecule has 0 saturated carbocycles. The molecule has 0 radical (unpaired) electrons. The Hall–Kier alpha value is -3.51. The maximum atomic E-state index is 12.4. The average Bonchev–Trinajstić information content (AvgIpc) is 2.92. The minimum absolute atomic E-state index is 0.113. The molecule has 152 valence electrons. The number of anilines is 2. The van der Waals surface area contributed by atoms with Gasteiger partial charge in [-0.1, -0.05) is 22.0 Å². The highest BCUT2D eigenvalue weighted by Gasteiger charge is 2.35. The van der Waals surface area contributed by atoms with Crippen LogP contribution in [0.3, 0.4) is 0 Å². The number of hydrogen-bond acceptors (Lipinski definition) is 5. The summed E-state index contributed by atoms with van der Waals surface area (Å²) in [6.45, 7) is 0.141. The molecule has 0 saturated heterocycles. The number of hydrogen-bond donors (Lipinski definition) is 2. The number of nitrogens with one attached hydrogen (secondary N) is 2. The molecule has 2 aromatic rings. The van der Waals surface area contributed by atoms with E-state index in [2.05, 4.69) is 26.6 Å². The molecule has 8 nitrogen and oxygen atoms in total. The van der Waals surface area contributed by atoms with Gasteiger partial charge in [0.2, 0.25) is 11.8 Å². The van der Waals surface area contributed by atoms with Crippen LogP contribution in [-0.4, -0.2) is 35.1 Å².